The molecule has 8 bridgehead atoms. The second-order valence-electron chi connectivity index (χ2n) is 14.2. The fourth-order valence-corrected chi connectivity index (χ4v) is 58.4. The van der Waals surface area contributed by atoms with Gasteiger partial charge in [-0.3, -0.25) is 0 Å². The van der Waals surface area contributed by atoms with E-state index in [2.05, 4.69) is 0 Å². The Labute approximate surface area is 275 Å². The van der Waals surface area contributed by atoms with E-state index in [1.165, 1.54) is 0 Å². The van der Waals surface area contributed by atoms with Crippen molar-refractivity contribution in [2.75, 3.05) is 19.8 Å². The van der Waals surface area contributed by atoms with Crippen LogP contribution in [0.3, 0.4) is 0 Å². The van der Waals surface area contributed by atoms with Crippen LogP contribution in [0.2, 0.25) is 45.3 Å². The van der Waals surface area contributed by atoms with E-state index in [0.717, 1.165) is 0 Å². The van der Waals surface area contributed by atoms with Gasteiger partial charge in [-0.1, -0.05) is 76.2 Å². The lowest BCUT2D eigenvalue weighted by Gasteiger charge is -2.65. The standard InChI is InChI=1S/C22H52O15Si8/c1-16(2)39-26-38(12)27-40(17(3)4)30-42(19(7)8)34-43(28-38,20(9)13-23)33-41(29-39,18(5)6)35-45(36-42,22(11)15-25)37-44(31-39,32-40)21(10)14-24/h16-25H,13-15H2,1-12H3. The molecule has 6 fully saturated rings. The van der Waals surface area contributed by atoms with Gasteiger partial charge in [-0.25, -0.2) is 0 Å². The second-order valence-corrected chi connectivity index (χ2v) is 41.7. The highest BCUT2D eigenvalue weighted by Gasteiger charge is 2.85. The second kappa shape index (κ2) is 12.1. The Hall–Kier alpha value is 1.14. The van der Waals surface area contributed by atoms with E-state index in [0.29, 0.717) is 0 Å². The van der Waals surface area contributed by atoms with Crippen molar-refractivity contribution in [3.63, 3.8) is 0 Å². The molecule has 6 saturated heterocycles. The highest BCUT2D eigenvalue weighted by Crippen LogP contribution is 2.58. The average molecular weight is 781 g/mol. The molecule has 0 aromatic heterocycles. The van der Waals surface area contributed by atoms with Gasteiger partial charge in [0.2, 0.25) is 0 Å². The number of hydrogen-bond acceptors (Lipinski definition) is 15. The van der Waals surface area contributed by atoms with Gasteiger partial charge in [0.05, 0.1) is 0 Å². The molecule has 7 unspecified atom stereocenters. The molecule has 262 valence electrons. The molecule has 0 spiro atoms. The van der Waals surface area contributed by atoms with Gasteiger partial charge in [-0.15, -0.1) is 0 Å². The molecule has 0 aromatic rings. The highest BCUT2D eigenvalue weighted by atomic mass is 28.6. The smallest absolute Gasteiger partial charge is 0.396 e. The van der Waals surface area contributed by atoms with Crippen LogP contribution < -0.4 is 0 Å². The van der Waals surface area contributed by atoms with Crippen molar-refractivity contribution in [2.45, 2.75) is 121 Å². The van der Waals surface area contributed by atoms with Crippen LogP contribution in [-0.2, 0) is 49.4 Å². The molecule has 0 aromatic carbocycles. The van der Waals surface area contributed by atoms with Crippen LogP contribution in [0.15, 0.2) is 0 Å². The molecular formula is C22H52O15Si8. The molecule has 23 heteroatoms. The minimum atomic E-state index is -4.29. The largest absolute Gasteiger partial charge is 0.484 e. The van der Waals surface area contributed by atoms with Crippen molar-refractivity contribution in [1.29, 1.82) is 0 Å². The van der Waals surface area contributed by atoms with E-state index in [9.17, 15) is 15.3 Å². The fraction of sp³-hybridized carbons (Fsp3) is 1.00. The number of rotatable bonds is 10. The van der Waals surface area contributed by atoms with E-state index < -0.39 is 98.1 Å². The third-order valence-corrected chi connectivity index (χ3v) is 47.2. The van der Waals surface area contributed by atoms with Crippen LogP contribution in [0.4, 0.5) is 0 Å². The summed E-state index contributed by atoms with van der Waals surface area (Å²) in [5, 5.41) is 32.3. The zero-order valence-electron chi connectivity index (χ0n) is 28.4. The minimum absolute atomic E-state index is 0.343. The van der Waals surface area contributed by atoms with Gasteiger partial charge in [0.15, 0.2) is 0 Å². The normalized spacial score (nSPS) is 48.3. The van der Waals surface area contributed by atoms with Crippen molar-refractivity contribution in [2.24, 2.45) is 0 Å². The quantitative estimate of drug-likeness (QED) is 0.276. The lowest BCUT2D eigenvalue weighted by molar-refractivity contribution is -0.0442. The molecule has 0 amide bonds. The lowest BCUT2D eigenvalue weighted by atomic mass is 10.5. The first-order valence-electron chi connectivity index (χ1n) is 15.9. The van der Waals surface area contributed by atoms with E-state index in [1.807, 2.05) is 55.4 Å². The first kappa shape index (κ1) is 37.4. The van der Waals surface area contributed by atoms with Crippen LogP contribution in [0.25, 0.3) is 0 Å². The summed E-state index contributed by atoms with van der Waals surface area (Å²) in [6, 6.07) is 0. The van der Waals surface area contributed by atoms with E-state index in [1.54, 1.807) is 27.3 Å². The zero-order chi connectivity index (χ0) is 33.6. The molecule has 0 saturated carbocycles. The van der Waals surface area contributed by atoms with Crippen molar-refractivity contribution in [1.82, 2.24) is 0 Å². The van der Waals surface area contributed by atoms with Crippen molar-refractivity contribution in [3.8, 4) is 0 Å². The van der Waals surface area contributed by atoms with Gasteiger partial charge in [-0.2, -0.15) is 0 Å². The number of hydrogen-bond donors (Lipinski definition) is 3. The van der Waals surface area contributed by atoms with Crippen molar-refractivity contribution < 1.29 is 64.7 Å². The molecule has 45 heavy (non-hydrogen) atoms. The summed E-state index contributed by atoms with van der Waals surface area (Å²) in [4.78, 5) is 0. The Morgan fingerprint density at radius 1 is 0.333 bits per heavy atom. The van der Waals surface area contributed by atoms with Gasteiger partial charge < -0.3 is 64.7 Å². The maximum atomic E-state index is 10.8. The third kappa shape index (κ3) is 5.72. The Bertz CT molecular complexity index is 1070. The van der Waals surface area contributed by atoms with Crippen LogP contribution in [-0.4, -0.2) is 106 Å². The molecule has 0 aliphatic carbocycles. The van der Waals surface area contributed by atoms with Gasteiger partial charge in [-0.05, 0) is 0 Å². The first-order chi connectivity index (χ1) is 20.7. The summed E-state index contributed by atoms with van der Waals surface area (Å²) < 4.78 is 86.6. The summed E-state index contributed by atoms with van der Waals surface area (Å²) >= 11 is 0. The molecule has 6 aliphatic rings. The summed E-state index contributed by atoms with van der Waals surface area (Å²) in [6.07, 6.45) is 0. The molecular weight excluding hydrogens is 729 g/mol. The summed E-state index contributed by atoms with van der Waals surface area (Å²) in [5.74, 6) is 0. The average Bonchev–Trinajstić information content (AvgIpc) is 2.89. The van der Waals surface area contributed by atoms with E-state index >= 15 is 0 Å². The van der Waals surface area contributed by atoms with Gasteiger partial charge in [0, 0.05) is 65.2 Å². The van der Waals surface area contributed by atoms with Crippen LogP contribution in [0.5, 0.6) is 0 Å². The lowest BCUT2D eigenvalue weighted by Crippen LogP contribution is -2.90. The Morgan fingerprint density at radius 2 is 0.511 bits per heavy atom. The molecule has 6 aliphatic heterocycles. The maximum Gasteiger partial charge on any atom is 0.484 e. The third-order valence-electron chi connectivity index (χ3n) is 9.00. The maximum absolute atomic E-state index is 10.8. The molecule has 7 atom stereocenters. The van der Waals surface area contributed by atoms with Crippen molar-refractivity contribution >= 4 is 70.4 Å². The van der Waals surface area contributed by atoms with E-state index in [-0.39, 0.29) is 30.9 Å². The van der Waals surface area contributed by atoms with Crippen molar-refractivity contribution in [3.05, 3.63) is 0 Å². The van der Waals surface area contributed by atoms with Crippen LogP contribution in [0.1, 0.15) is 76.2 Å². The highest BCUT2D eigenvalue weighted by molar-refractivity contribution is 7.04. The van der Waals surface area contributed by atoms with Gasteiger partial charge >= 0.3 is 70.4 Å². The summed E-state index contributed by atoms with van der Waals surface area (Å²) in [5.41, 5.74) is -3.77. The molecule has 6 heterocycles. The Balaban J connectivity index is 1.98. The SMILES string of the molecule is CC(C)[Si]12O[Si]3(C)O[Si]4(C(C)C)O[Si]5(C(C)C)O[Si](C(C)CO)(O3)O[Si](C(C)C)(O1)O[Si](C(C)CO)(O5)O[Si](C(C)CO)(O2)O4. The fourth-order valence-electron chi connectivity index (χ4n) is 5.71. The monoisotopic (exact) mass is 780 g/mol. The van der Waals surface area contributed by atoms with Crippen LogP contribution in [0, 0.1) is 0 Å². The number of aliphatic hydroxyl groups is 3. The predicted octanol–water partition coefficient (Wildman–Crippen LogP) is 3.18. The molecule has 3 N–H and O–H groups in total. The topological polar surface area (TPSA) is 171 Å². The van der Waals surface area contributed by atoms with Crippen LogP contribution >= 0.6 is 0 Å². The summed E-state index contributed by atoms with van der Waals surface area (Å²) in [7, 11) is -33.0. The molecule has 0 radical (unpaired) electrons. The number of aliphatic hydroxyl groups excluding tert-OH is 3. The first-order valence-corrected chi connectivity index (χ1v) is 30.8. The van der Waals surface area contributed by atoms with E-state index in [4.69, 9.17) is 49.4 Å². The Kier molecular flexibility index (Phi) is 10.1. The minimum Gasteiger partial charge on any atom is -0.396 e. The van der Waals surface area contributed by atoms with Gasteiger partial charge in [0.25, 0.3) is 0 Å². The predicted molar refractivity (Wildman–Crippen MR) is 175 cm³/mol. The molecule has 6 rings (SSSR count). The molecule has 15 nitrogen and oxygen atoms in total. The summed E-state index contributed by atoms with van der Waals surface area (Å²) in [6.45, 7) is 21.3. The zero-order valence-corrected chi connectivity index (χ0v) is 36.4. The Morgan fingerprint density at radius 3 is 0.756 bits per heavy atom. The van der Waals surface area contributed by atoms with Gasteiger partial charge in [0.1, 0.15) is 0 Å².